The molecule has 0 saturated heterocycles. The van der Waals surface area contributed by atoms with Crippen molar-refractivity contribution in [2.75, 3.05) is 20.8 Å². The zero-order valence-corrected chi connectivity index (χ0v) is 17.5. The fourth-order valence-corrected chi connectivity index (χ4v) is 3.39. The quantitative estimate of drug-likeness (QED) is 0.549. The topological polar surface area (TPSA) is 52.5 Å². The van der Waals surface area contributed by atoms with Gasteiger partial charge in [0.25, 0.3) is 5.91 Å². The molecule has 0 radical (unpaired) electrons. The van der Waals surface area contributed by atoms with Crippen LogP contribution in [-0.2, 0) is 0 Å². The molecule has 0 fully saturated rings. The van der Waals surface area contributed by atoms with Crippen molar-refractivity contribution in [1.82, 2.24) is 9.88 Å². The van der Waals surface area contributed by atoms with E-state index in [2.05, 4.69) is 16.8 Å². The van der Waals surface area contributed by atoms with Gasteiger partial charge in [-0.2, -0.15) is 0 Å². The molecule has 0 unspecified atom stereocenters. The van der Waals surface area contributed by atoms with Crippen LogP contribution in [0.1, 0.15) is 35.8 Å². The number of aromatic nitrogens is 1. The second-order valence-corrected chi connectivity index (χ2v) is 6.91. The van der Waals surface area contributed by atoms with Crippen molar-refractivity contribution in [1.29, 1.82) is 0 Å². The molecule has 5 heteroatoms. The van der Waals surface area contributed by atoms with Crippen molar-refractivity contribution in [3.8, 4) is 28.4 Å². The molecule has 29 heavy (non-hydrogen) atoms. The standard InChI is InChI=1S/C24H28N2O3/c1-5-6-12-25-24(27)22-16-23(18-10-8-7-9-11-18)26(17(22)2)19-13-20(28-3)15-21(14-19)29-4/h7-11,13-16H,5-6,12H2,1-4H3,(H,25,27). The van der Waals surface area contributed by atoms with Crippen LogP contribution < -0.4 is 14.8 Å². The van der Waals surface area contributed by atoms with Crippen LogP contribution in [0.3, 0.4) is 0 Å². The first-order valence-electron chi connectivity index (χ1n) is 9.88. The number of nitrogens with one attached hydrogen (secondary N) is 1. The molecular formula is C24H28N2O3. The zero-order chi connectivity index (χ0) is 20.8. The van der Waals surface area contributed by atoms with Crippen molar-refractivity contribution < 1.29 is 14.3 Å². The summed E-state index contributed by atoms with van der Waals surface area (Å²) < 4.78 is 13.0. The molecule has 0 bridgehead atoms. The summed E-state index contributed by atoms with van der Waals surface area (Å²) in [5.74, 6) is 1.34. The number of hydrogen-bond donors (Lipinski definition) is 1. The molecule has 0 aliphatic carbocycles. The van der Waals surface area contributed by atoms with Crippen molar-refractivity contribution in [3.05, 3.63) is 65.9 Å². The highest BCUT2D eigenvalue weighted by atomic mass is 16.5. The molecule has 0 aliphatic rings. The largest absolute Gasteiger partial charge is 0.497 e. The summed E-state index contributed by atoms with van der Waals surface area (Å²) in [5.41, 5.74) is 4.39. The summed E-state index contributed by atoms with van der Waals surface area (Å²) in [6.45, 7) is 4.75. The van der Waals surface area contributed by atoms with Gasteiger partial charge in [-0.25, -0.2) is 0 Å². The second-order valence-electron chi connectivity index (χ2n) is 6.91. The molecule has 0 aliphatic heterocycles. The number of nitrogens with zero attached hydrogens (tertiary/aromatic N) is 1. The third kappa shape index (κ3) is 4.45. The van der Waals surface area contributed by atoms with Crippen LogP contribution in [0.4, 0.5) is 0 Å². The summed E-state index contributed by atoms with van der Waals surface area (Å²) in [6.07, 6.45) is 2.00. The van der Waals surface area contributed by atoms with Gasteiger partial charge < -0.3 is 19.4 Å². The van der Waals surface area contributed by atoms with Crippen molar-refractivity contribution >= 4 is 5.91 Å². The van der Waals surface area contributed by atoms with E-state index in [1.54, 1.807) is 14.2 Å². The van der Waals surface area contributed by atoms with Crippen LogP contribution in [0.2, 0.25) is 0 Å². The van der Waals surface area contributed by atoms with E-state index in [1.165, 1.54) is 0 Å². The molecule has 3 rings (SSSR count). The third-order valence-corrected chi connectivity index (χ3v) is 4.97. The average molecular weight is 392 g/mol. The monoisotopic (exact) mass is 392 g/mol. The van der Waals surface area contributed by atoms with Gasteiger partial charge in [-0.05, 0) is 25.0 Å². The normalized spacial score (nSPS) is 10.6. The number of methoxy groups -OCH3 is 2. The minimum Gasteiger partial charge on any atom is -0.497 e. The Morgan fingerprint density at radius 1 is 1.00 bits per heavy atom. The summed E-state index contributed by atoms with van der Waals surface area (Å²) in [5, 5.41) is 3.03. The molecule has 1 heterocycles. The lowest BCUT2D eigenvalue weighted by Gasteiger charge is -2.15. The first kappa shape index (κ1) is 20.5. The Morgan fingerprint density at radius 2 is 1.66 bits per heavy atom. The van der Waals surface area contributed by atoms with Gasteiger partial charge in [-0.3, -0.25) is 4.79 Å². The van der Waals surface area contributed by atoms with Crippen LogP contribution in [0, 0.1) is 6.92 Å². The lowest BCUT2D eigenvalue weighted by molar-refractivity contribution is 0.0952. The predicted molar refractivity (Wildman–Crippen MR) is 116 cm³/mol. The van der Waals surface area contributed by atoms with Gasteiger partial charge in [0, 0.05) is 30.4 Å². The number of unbranched alkanes of at least 4 members (excludes halogenated alkanes) is 1. The highest BCUT2D eigenvalue weighted by Gasteiger charge is 2.20. The number of rotatable bonds is 8. The van der Waals surface area contributed by atoms with E-state index in [-0.39, 0.29) is 5.91 Å². The Kier molecular flexibility index (Phi) is 6.60. The second kappa shape index (κ2) is 9.32. The number of amides is 1. The van der Waals surface area contributed by atoms with Gasteiger partial charge in [0.05, 0.1) is 31.2 Å². The summed E-state index contributed by atoms with van der Waals surface area (Å²) in [7, 11) is 3.26. The van der Waals surface area contributed by atoms with E-state index >= 15 is 0 Å². The molecule has 1 N–H and O–H groups in total. The van der Waals surface area contributed by atoms with E-state index in [0.717, 1.165) is 35.5 Å². The number of hydrogen-bond acceptors (Lipinski definition) is 3. The lowest BCUT2D eigenvalue weighted by Crippen LogP contribution is -2.24. The minimum atomic E-state index is -0.0539. The molecule has 1 amide bonds. The first-order chi connectivity index (χ1) is 14.1. The molecule has 2 aromatic carbocycles. The summed E-state index contributed by atoms with van der Waals surface area (Å²) in [4.78, 5) is 12.8. The highest BCUT2D eigenvalue weighted by Crippen LogP contribution is 2.33. The maximum atomic E-state index is 12.8. The van der Waals surface area contributed by atoms with Crippen LogP contribution in [0.5, 0.6) is 11.5 Å². The van der Waals surface area contributed by atoms with Crippen molar-refractivity contribution in [2.45, 2.75) is 26.7 Å². The number of ether oxygens (including phenoxy) is 2. The summed E-state index contributed by atoms with van der Waals surface area (Å²) in [6, 6.07) is 17.7. The minimum absolute atomic E-state index is 0.0539. The average Bonchev–Trinajstić information content (AvgIpc) is 3.11. The Hall–Kier alpha value is -3.21. The van der Waals surface area contributed by atoms with E-state index in [1.807, 2.05) is 61.5 Å². The third-order valence-electron chi connectivity index (χ3n) is 4.97. The Bertz CT molecular complexity index is 955. The van der Waals surface area contributed by atoms with E-state index in [4.69, 9.17) is 9.47 Å². The maximum Gasteiger partial charge on any atom is 0.253 e. The van der Waals surface area contributed by atoms with E-state index < -0.39 is 0 Å². The number of benzene rings is 2. The van der Waals surface area contributed by atoms with Crippen LogP contribution in [0.15, 0.2) is 54.6 Å². The molecular weight excluding hydrogens is 364 g/mol. The van der Waals surface area contributed by atoms with Gasteiger partial charge in [0.15, 0.2) is 0 Å². The molecule has 3 aromatic rings. The van der Waals surface area contributed by atoms with Gasteiger partial charge in [-0.15, -0.1) is 0 Å². The molecule has 0 atom stereocenters. The van der Waals surface area contributed by atoms with E-state index in [0.29, 0.717) is 23.6 Å². The van der Waals surface area contributed by atoms with Crippen molar-refractivity contribution in [3.63, 3.8) is 0 Å². The van der Waals surface area contributed by atoms with E-state index in [9.17, 15) is 4.79 Å². The fraction of sp³-hybridized carbons (Fsp3) is 0.292. The van der Waals surface area contributed by atoms with Crippen molar-refractivity contribution in [2.24, 2.45) is 0 Å². The zero-order valence-electron chi connectivity index (χ0n) is 17.5. The lowest BCUT2D eigenvalue weighted by atomic mass is 10.1. The highest BCUT2D eigenvalue weighted by molar-refractivity contribution is 5.97. The van der Waals surface area contributed by atoms with Gasteiger partial charge >= 0.3 is 0 Å². The number of carbonyl (C=O) groups is 1. The molecule has 0 spiro atoms. The van der Waals surface area contributed by atoms with Crippen LogP contribution in [0.25, 0.3) is 16.9 Å². The summed E-state index contributed by atoms with van der Waals surface area (Å²) >= 11 is 0. The molecule has 0 saturated carbocycles. The van der Waals surface area contributed by atoms with Gasteiger partial charge in [0.1, 0.15) is 11.5 Å². The molecule has 1 aromatic heterocycles. The Morgan fingerprint density at radius 3 is 2.24 bits per heavy atom. The van der Waals surface area contributed by atoms with Gasteiger partial charge in [0.2, 0.25) is 0 Å². The Labute approximate surface area is 172 Å². The molecule has 152 valence electrons. The molecule has 5 nitrogen and oxygen atoms in total. The van der Waals surface area contributed by atoms with Gasteiger partial charge in [-0.1, -0.05) is 43.7 Å². The predicted octanol–water partition coefficient (Wildman–Crippen LogP) is 5.00. The van der Waals surface area contributed by atoms with Crippen LogP contribution in [-0.4, -0.2) is 31.2 Å². The number of carbonyl (C=O) groups excluding carboxylic acids is 1. The smallest absolute Gasteiger partial charge is 0.253 e. The first-order valence-corrected chi connectivity index (χ1v) is 9.88. The van der Waals surface area contributed by atoms with Crippen LogP contribution >= 0.6 is 0 Å². The SMILES string of the molecule is CCCCNC(=O)c1cc(-c2ccccc2)n(-c2cc(OC)cc(OC)c2)c1C. The maximum absolute atomic E-state index is 12.8. The fourth-order valence-electron chi connectivity index (χ4n) is 3.39. The Balaban J connectivity index is 2.16.